The van der Waals surface area contributed by atoms with Crippen molar-refractivity contribution in [1.29, 1.82) is 0 Å². The fraction of sp³-hybridized carbons (Fsp3) is 0.267. The largest absolute Gasteiger partial charge is 0.467 e. The van der Waals surface area contributed by atoms with Crippen LogP contribution in [0.15, 0.2) is 35.1 Å². The topological polar surface area (TPSA) is 89.4 Å². The molecule has 24 heavy (non-hydrogen) atoms. The van der Waals surface area contributed by atoms with Crippen molar-refractivity contribution < 1.29 is 27.2 Å². The molecule has 2 amide bonds. The fourth-order valence-corrected chi connectivity index (χ4v) is 2.10. The van der Waals surface area contributed by atoms with Crippen LogP contribution in [0.25, 0.3) is 0 Å². The first-order chi connectivity index (χ1) is 11.2. The number of hydrogen-bond acceptors (Lipinski definition) is 4. The van der Waals surface area contributed by atoms with E-state index in [-0.39, 0.29) is 23.6 Å². The van der Waals surface area contributed by atoms with Crippen LogP contribution in [0.1, 0.15) is 32.2 Å². The van der Waals surface area contributed by atoms with Crippen molar-refractivity contribution >= 4 is 11.8 Å². The molecule has 2 aromatic rings. The summed E-state index contributed by atoms with van der Waals surface area (Å²) in [5.74, 6) is -1.46. The summed E-state index contributed by atoms with van der Waals surface area (Å²) in [4.78, 5) is 27.9. The quantitative estimate of drug-likeness (QED) is 0.903. The van der Waals surface area contributed by atoms with Crippen LogP contribution in [0, 0.1) is 6.92 Å². The first kappa shape index (κ1) is 17.5. The van der Waals surface area contributed by atoms with Gasteiger partial charge in [0.05, 0.1) is 18.4 Å². The predicted octanol–water partition coefficient (Wildman–Crippen LogP) is 2.29. The molecular weight excluding hydrogens is 327 g/mol. The van der Waals surface area contributed by atoms with Crippen molar-refractivity contribution in [3.63, 3.8) is 0 Å². The average molecular weight is 341 g/mol. The maximum absolute atomic E-state index is 12.8. The van der Waals surface area contributed by atoms with E-state index >= 15 is 0 Å². The van der Waals surface area contributed by atoms with Gasteiger partial charge in [-0.1, -0.05) is 0 Å². The number of aromatic nitrogens is 1. The summed E-state index contributed by atoms with van der Waals surface area (Å²) in [6, 6.07) is 4.20. The van der Waals surface area contributed by atoms with E-state index in [4.69, 9.17) is 10.2 Å². The minimum absolute atomic E-state index is 0.0972. The van der Waals surface area contributed by atoms with E-state index in [1.54, 1.807) is 0 Å². The minimum Gasteiger partial charge on any atom is -0.467 e. The summed E-state index contributed by atoms with van der Waals surface area (Å²) >= 11 is 0. The van der Waals surface area contributed by atoms with Crippen LogP contribution in [-0.2, 0) is 6.54 Å². The lowest BCUT2D eigenvalue weighted by atomic mass is 10.1. The first-order valence-corrected chi connectivity index (χ1v) is 6.82. The van der Waals surface area contributed by atoms with Gasteiger partial charge >= 0.3 is 6.18 Å². The van der Waals surface area contributed by atoms with Gasteiger partial charge in [0, 0.05) is 6.20 Å². The molecule has 128 valence electrons. The number of pyridine rings is 1. The SMILES string of the molecule is Cc1cc(C(=O)N(Cc2ccco2)CC(F)(F)F)ncc1C(N)=O. The molecule has 2 N–H and O–H groups in total. The summed E-state index contributed by atoms with van der Waals surface area (Å²) < 4.78 is 43.3. The van der Waals surface area contributed by atoms with Crippen molar-refractivity contribution in [2.75, 3.05) is 6.54 Å². The van der Waals surface area contributed by atoms with E-state index in [2.05, 4.69) is 4.98 Å². The standard InChI is InChI=1S/C15H14F3N3O3/c1-9-5-12(20-6-11(9)13(19)22)14(23)21(8-15(16,17)18)7-10-3-2-4-24-10/h2-6H,7-8H2,1H3,(H2,19,22). The van der Waals surface area contributed by atoms with Gasteiger partial charge in [-0.05, 0) is 30.7 Å². The number of hydrogen-bond donors (Lipinski definition) is 1. The molecule has 0 unspecified atom stereocenters. The van der Waals surface area contributed by atoms with Crippen molar-refractivity contribution in [2.45, 2.75) is 19.6 Å². The number of aryl methyl sites for hydroxylation is 1. The van der Waals surface area contributed by atoms with Gasteiger partial charge in [-0.25, -0.2) is 0 Å². The molecule has 0 atom stereocenters. The second-order valence-corrected chi connectivity index (χ2v) is 5.10. The summed E-state index contributed by atoms with van der Waals surface area (Å²) in [5.41, 5.74) is 5.37. The van der Waals surface area contributed by atoms with Crippen molar-refractivity contribution in [3.05, 3.63) is 53.2 Å². The van der Waals surface area contributed by atoms with Gasteiger partial charge in [-0.2, -0.15) is 13.2 Å². The zero-order valence-corrected chi connectivity index (χ0v) is 12.6. The first-order valence-electron chi connectivity index (χ1n) is 6.82. The Hall–Kier alpha value is -2.84. The number of rotatable bonds is 5. The predicted molar refractivity (Wildman–Crippen MR) is 77.0 cm³/mol. The van der Waals surface area contributed by atoms with E-state index in [1.165, 1.54) is 31.4 Å². The molecule has 0 aromatic carbocycles. The van der Waals surface area contributed by atoms with Crippen LogP contribution in [0.2, 0.25) is 0 Å². The number of amides is 2. The van der Waals surface area contributed by atoms with E-state index in [0.717, 1.165) is 6.20 Å². The molecule has 2 aromatic heterocycles. The van der Waals surface area contributed by atoms with Crippen molar-refractivity contribution in [3.8, 4) is 0 Å². The number of nitrogens with two attached hydrogens (primary N) is 1. The van der Waals surface area contributed by atoms with Gasteiger partial charge in [-0.3, -0.25) is 14.6 Å². The Morgan fingerprint density at radius 3 is 2.58 bits per heavy atom. The van der Waals surface area contributed by atoms with Crippen LogP contribution in [0.5, 0.6) is 0 Å². The van der Waals surface area contributed by atoms with E-state index in [0.29, 0.717) is 10.5 Å². The number of alkyl halides is 3. The van der Waals surface area contributed by atoms with E-state index in [1.807, 2.05) is 0 Å². The highest BCUT2D eigenvalue weighted by Crippen LogP contribution is 2.20. The smallest absolute Gasteiger partial charge is 0.406 e. The number of furan rings is 1. The molecule has 0 radical (unpaired) electrons. The molecule has 0 saturated heterocycles. The summed E-state index contributed by atoms with van der Waals surface area (Å²) in [5, 5.41) is 0. The van der Waals surface area contributed by atoms with Gasteiger partial charge in [0.1, 0.15) is 18.0 Å². The molecule has 2 rings (SSSR count). The molecule has 0 aliphatic rings. The number of primary amides is 1. The normalized spacial score (nSPS) is 11.3. The van der Waals surface area contributed by atoms with E-state index in [9.17, 15) is 22.8 Å². The molecule has 9 heteroatoms. The third-order valence-electron chi connectivity index (χ3n) is 3.18. The number of halogens is 3. The monoisotopic (exact) mass is 341 g/mol. The lowest BCUT2D eigenvalue weighted by Crippen LogP contribution is -2.38. The lowest BCUT2D eigenvalue weighted by Gasteiger charge is -2.23. The molecule has 0 spiro atoms. The Kier molecular flexibility index (Phi) is 4.91. The molecule has 0 aliphatic carbocycles. The zero-order chi connectivity index (χ0) is 17.9. The van der Waals surface area contributed by atoms with Crippen molar-refractivity contribution in [2.24, 2.45) is 5.73 Å². The number of carbonyl (C=O) groups is 2. The third kappa shape index (κ3) is 4.34. The Morgan fingerprint density at radius 2 is 2.08 bits per heavy atom. The van der Waals surface area contributed by atoms with Gasteiger partial charge in [0.25, 0.3) is 11.8 Å². The Labute approximate surface area is 135 Å². The molecule has 0 aliphatic heterocycles. The summed E-state index contributed by atoms with van der Waals surface area (Å²) in [7, 11) is 0. The van der Waals surface area contributed by atoms with Gasteiger partial charge in [-0.15, -0.1) is 0 Å². The lowest BCUT2D eigenvalue weighted by molar-refractivity contribution is -0.142. The van der Waals surface area contributed by atoms with Crippen LogP contribution < -0.4 is 5.73 Å². The summed E-state index contributed by atoms with van der Waals surface area (Å²) in [6.07, 6.45) is -2.20. The van der Waals surface area contributed by atoms with Crippen LogP contribution in [0.4, 0.5) is 13.2 Å². The van der Waals surface area contributed by atoms with Gasteiger partial charge in [0.2, 0.25) is 0 Å². The van der Waals surface area contributed by atoms with Crippen LogP contribution in [0.3, 0.4) is 0 Å². The highest BCUT2D eigenvalue weighted by Gasteiger charge is 2.34. The molecule has 0 fully saturated rings. The highest BCUT2D eigenvalue weighted by molar-refractivity contribution is 5.96. The van der Waals surface area contributed by atoms with Crippen LogP contribution >= 0.6 is 0 Å². The Morgan fingerprint density at radius 1 is 1.38 bits per heavy atom. The minimum atomic E-state index is -4.58. The highest BCUT2D eigenvalue weighted by atomic mass is 19.4. The van der Waals surface area contributed by atoms with Crippen molar-refractivity contribution in [1.82, 2.24) is 9.88 Å². The molecule has 6 nitrogen and oxygen atoms in total. The molecule has 0 bridgehead atoms. The zero-order valence-electron chi connectivity index (χ0n) is 12.6. The molecular formula is C15H14F3N3O3. The molecule has 2 heterocycles. The van der Waals surface area contributed by atoms with Gasteiger partial charge in [0.15, 0.2) is 0 Å². The number of nitrogens with zero attached hydrogens (tertiary/aromatic N) is 2. The maximum atomic E-state index is 12.8. The maximum Gasteiger partial charge on any atom is 0.406 e. The number of carbonyl (C=O) groups excluding carboxylic acids is 2. The summed E-state index contributed by atoms with van der Waals surface area (Å²) in [6.45, 7) is -0.298. The Balaban J connectivity index is 2.29. The fourth-order valence-electron chi connectivity index (χ4n) is 2.10. The Bertz CT molecular complexity index is 742. The second-order valence-electron chi connectivity index (χ2n) is 5.10. The average Bonchev–Trinajstić information content (AvgIpc) is 2.96. The van der Waals surface area contributed by atoms with Gasteiger partial charge < -0.3 is 15.1 Å². The second kappa shape index (κ2) is 6.73. The third-order valence-corrected chi connectivity index (χ3v) is 3.18. The molecule has 0 saturated carbocycles. The van der Waals surface area contributed by atoms with Crippen LogP contribution in [-0.4, -0.2) is 34.4 Å². The van der Waals surface area contributed by atoms with E-state index < -0.39 is 24.5 Å².